The zero-order valence-electron chi connectivity index (χ0n) is 6.35. The third-order valence-corrected chi connectivity index (χ3v) is 1.03. The van der Waals surface area contributed by atoms with Gasteiger partial charge in [-0.05, 0) is 0 Å². The number of hydrogen-bond donors (Lipinski definition) is 2. The summed E-state index contributed by atoms with van der Waals surface area (Å²) in [5.41, 5.74) is 0. The molecule has 0 unspecified atom stereocenters. The van der Waals surface area contributed by atoms with E-state index in [1.807, 2.05) is 0 Å². The highest BCUT2D eigenvalue weighted by molar-refractivity contribution is 5.74. The fraction of sp³-hybridized carbons (Fsp3) is 0.800. The molecule has 0 radical (unpaired) electrons. The Kier molecular flexibility index (Phi) is 3.81. The van der Waals surface area contributed by atoms with Gasteiger partial charge >= 0.3 is 12.3 Å². The third-order valence-electron chi connectivity index (χ3n) is 1.03. The number of amides is 2. The first-order chi connectivity index (χ1) is 5.37. The first-order valence-electron chi connectivity index (χ1n) is 3.07. The van der Waals surface area contributed by atoms with Crippen molar-refractivity contribution in [1.29, 1.82) is 0 Å². The van der Waals surface area contributed by atoms with Crippen molar-refractivity contribution in [2.45, 2.75) is 6.30 Å². The minimum Gasteiger partial charge on any atom is -0.395 e. The largest absolute Gasteiger partial charge is 0.485 e. The normalized spacial score (nSPS) is 11.1. The van der Waals surface area contributed by atoms with E-state index in [0.717, 1.165) is 17.3 Å². The second kappa shape index (κ2) is 4.15. The number of likely N-dealkylation sites (N-methyl/N-ethyl adjacent to an activating group) is 1. The van der Waals surface area contributed by atoms with Crippen LogP contribution in [0.15, 0.2) is 0 Å². The summed E-state index contributed by atoms with van der Waals surface area (Å²) >= 11 is 0. The van der Waals surface area contributed by atoms with Crippen LogP contribution in [0.5, 0.6) is 0 Å². The van der Waals surface area contributed by atoms with Crippen LogP contribution >= 0.6 is 0 Å². The van der Waals surface area contributed by atoms with Gasteiger partial charge in [-0.2, -0.15) is 13.2 Å². The van der Waals surface area contributed by atoms with Crippen LogP contribution in [0.25, 0.3) is 0 Å². The molecule has 0 aromatic carbocycles. The van der Waals surface area contributed by atoms with E-state index in [4.69, 9.17) is 5.11 Å². The first-order valence-corrected chi connectivity index (χ1v) is 3.07. The second-order valence-corrected chi connectivity index (χ2v) is 2.07. The van der Waals surface area contributed by atoms with E-state index in [1.54, 1.807) is 0 Å². The molecular weight excluding hydrogens is 177 g/mol. The number of hydrogen-bond acceptors (Lipinski definition) is 2. The van der Waals surface area contributed by atoms with Crippen molar-refractivity contribution in [3.8, 4) is 0 Å². The van der Waals surface area contributed by atoms with E-state index in [-0.39, 0.29) is 13.2 Å². The summed E-state index contributed by atoms with van der Waals surface area (Å²) in [4.78, 5) is 11.3. The van der Waals surface area contributed by atoms with Gasteiger partial charge in [-0.25, -0.2) is 10.1 Å². The molecule has 72 valence electrons. The molecule has 0 saturated carbocycles. The number of nitrogens with one attached hydrogen (secondary N) is 1. The lowest BCUT2D eigenvalue weighted by molar-refractivity contribution is -0.147. The first kappa shape index (κ1) is 11.0. The van der Waals surface area contributed by atoms with E-state index in [1.165, 1.54) is 0 Å². The molecule has 0 aliphatic carbocycles. The Bertz CT molecular complexity index is 159. The average molecular weight is 186 g/mol. The predicted molar refractivity (Wildman–Crippen MR) is 34.3 cm³/mol. The van der Waals surface area contributed by atoms with Crippen molar-refractivity contribution in [2.75, 3.05) is 20.2 Å². The van der Waals surface area contributed by atoms with Gasteiger partial charge in [-0.15, -0.1) is 0 Å². The van der Waals surface area contributed by atoms with Crippen LogP contribution in [0.4, 0.5) is 18.0 Å². The summed E-state index contributed by atoms with van der Waals surface area (Å²) in [7, 11) is 1.15. The van der Waals surface area contributed by atoms with Crippen LogP contribution in [-0.2, 0) is 0 Å². The van der Waals surface area contributed by atoms with Gasteiger partial charge in [0.1, 0.15) is 0 Å². The topological polar surface area (TPSA) is 52.6 Å². The summed E-state index contributed by atoms with van der Waals surface area (Å²) in [5.74, 6) is 0. The molecular formula is C5H9F3N2O2. The van der Waals surface area contributed by atoms with E-state index in [9.17, 15) is 18.0 Å². The lowest BCUT2D eigenvalue weighted by Crippen LogP contribution is -2.45. The number of halogens is 3. The summed E-state index contributed by atoms with van der Waals surface area (Å²) in [6.45, 7) is -0.510. The van der Waals surface area contributed by atoms with Crippen molar-refractivity contribution in [1.82, 2.24) is 10.2 Å². The zero-order chi connectivity index (χ0) is 9.78. The Morgan fingerprint density at radius 1 is 1.58 bits per heavy atom. The molecule has 0 rings (SSSR count). The molecule has 12 heavy (non-hydrogen) atoms. The molecule has 2 N–H and O–H groups in total. The van der Waals surface area contributed by atoms with Gasteiger partial charge in [-0.1, -0.05) is 0 Å². The monoisotopic (exact) mass is 186 g/mol. The van der Waals surface area contributed by atoms with E-state index in [0.29, 0.717) is 0 Å². The number of carbonyl (C=O) groups is 1. The summed E-state index contributed by atoms with van der Waals surface area (Å²) in [5, 5.41) is 9.06. The van der Waals surface area contributed by atoms with Crippen molar-refractivity contribution in [2.24, 2.45) is 0 Å². The Morgan fingerprint density at radius 3 is 2.42 bits per heavy atom. The maximum absolute atomic E-state index is 11.5. The van der Waals surface area contributed by atoms with Gasteiger partial charge in [0, 0.05) is 13.6 Å². The van der Waals surface area contributed by atoms with Gasteiger partial charge in [-0.3, -0.25) is 0 Å². The Balaban J connectivity index is 3.87. The molecule has 4 nitrogen and oxygen atoms in total. The number of alkyl halides is 3. The fourth-order valence-corrected chi connectivity index (χ4v) is 0.468. The highest BCUT2D eigenvalue weighted by Crippen LogP contribution is 2.09. The van der Waals surface area contributed by atoms with Gasteiger partial charge < -0.3 is 10.0 Å². The molecule has 0 saturated heterocycles. The van der Waals surface area contributed by atoms with Gasteiger partial charge in [0.2, 0.25) is 0 Å². The highest BCUT2D eigenvalue weighted by Gasteiger charge is 2.31. The van der Waals surface area contributed by atoms with Crippen LogP contribution in [0.2, 0.25) is 0 Å². The summed E-state index contributed by atoms with van der Waals surface area (Å²) < 4.78 is 34.5. The van der Waals surface area contributed by atoms with Gasteiger partial charge in [0.25, 0.3) is 0 Å². The molecule has 2 amide bonds. The standard InChI is InChI=1S/C5H9F3N2O2/c1-10(2-3-11)4(12)9-5(6,7)8/h11H,2-3H2,1H3,(H,9,12). The van der Waals surface area contributed by atoms with E-state index in [2.05, 4.69) is 0 Å². The molecule has 7 heteroatoms. The highest BCUT2D eigenvalue weighted by atomic mass is 19.4. The number of urea groups is 1. The van der Waals surface area contributed by atoms with Crippen molar-refractivity contribution < 1.29 is 23.1 Å². The molecule has 0 aromatic rings. The third kappa shape index (κ3) is 4.78. The number of aliphatic hydroxyl groups is 1. The van der Waals surface area contributed by atoms with Crippen molar-refractivity contribution in [3.63, 3.8) is 0 Å². The summed E-state index contributed by atoms with van der Waals surface area (Å²) in [6.07, 6.45) is -4.72. The maximum Gasteiger partial charge on any atom is 0.485 e. The molecule has 0 spiro atoms. The van der Waals surface area contributed by atoms with Gasteiger partial charge in [0.05, 0.1) is 6.61 Å². The molecule has 0 bridgehead atoms. The Labute approximate surface area is 67.0 Å². The smallest absolute Gasteiger partial charge is 0.395 e. The molecule has 0 aliphatic heterocycles. The average Bonchev–Trinajstić information content (AvgIpc) is 1.84. The molecule has 0 heterocycles. The second-order valence-electron chi connectivity index (χ2n) is 2.07. The SMILES string of the molecule is CN(CCO)C(=O)NC(F)(F)F. The minimum atomic E-state index is -4.72. The lowest BCUT2D eigenvalue weighted by Gasteiger charge is -2.17. The molecule has 0 aromatic heterocycles. The zero-order valence-corrected chi connectivity index (χ0v) is 6.35. The molecule has 0 aliphatic rings. The van der Waals surface area contributed by atoms with Crippen LogP contribution in [-0.4, -0.2) is 42.5 Å². The van der Waals surface area contributed by atoms with Crippen LogP contribution in [0.1, 0.15) is 0 Å². The Hall–Kier alpha value is -0.980. The minimum absolute atomic E-state index is 0.137. The number of aliphatic hydroxyl groups excluding tert-OH is 1. The maximum atomic E-state index is 11.5. The van der Waals surface area contributed by atoms with Crippen LogP contribution in [0, 0.1) is 0 Å². The number of carbonyl (C=O) groups excluding carboxylic acids is 1. The van der Waals surface area contributed by atoms with Crippen LogP contribution < -0.4 is 5.32 Å². The number of rotatable bonds is 2. The van der Waals surface area contributed by atoms with E-state index < -0.39 is 12.3 Å². The Morgan fingerprint density at radius 2 is 2.08 bits per heavy atom. The fourth-order valence-electron chi connectivity index (χ4n) is 0.468. The van der Waals surface area contributed by atoms with Gasteiger partial charge in [0.15, 0.2) is 0 Å². The quantitative estimate of drug-likeness (QED) is 0.602. The van der Waals surface area contributed by atoms with Crippen molar-refractivity contribution in [3.05, 3.63) is 0 Å². The van der Waals surface area contributed by atoms with E-state index >= 15 is 0 Å². The number of nitrogens with zero attached hydrogens (tertiary/aromatic N) is 1. The molecule has 0 fully saturated rings. The summed E-state index contributed by atoms with van der Waals surface area (Å²) in [6, 6.07) is -1.28. The van der Waals surface area contributed by atoms with Crippen molar-refractivity contribution >= 4 is 6.03 Å². The molecule has 0 atom stereocenters. The predicted octanol–water partition coefficient (Wildman–Crippen LogP) is 0.140. The van der Waals surface area contributed by atoms with Crippen LogP contribution in [0.3, 0.4) is 0 Å². The lowest BCUT2D eigenvalue weighted by atomic mass is 10.6.